The van der Waals surface area contributed by atoms with E-state index >= 15 is 0 Å². The van der Waals surface area contributed by atoms with Gasteiger partial charge in [-0.2, -0.15) is 0 Å². The number of hydrogen-bond donors (Lipinski definition) is 2. The van der Waals surface area contributed by atoms with Gasteiger partial charge in [0.2, 0.25) is 0 Å². The van der Waals surface area contributed by atoms with E-state index in [2.05, 4.69) is 15.9 Å². The number of benzene rings is 1. The van der Waals surface area contributed by atoms with Crippen LogP contribution < -0.4 is 0 Å². The first-order valence-corrected chi connectivity index (χ1v) is 4.49. The number of carboxylic acid groups (broad SMARTS) is 1. The van der Waals surface area contributed by atoms with Crippen LogP contribution in [0.3, 0.4) is 0 Å². The first kappa shape index (κ1) is 10.7. The zero-order valence-corrected chi connectivity index (χ0v) is 8.83. The molecule has 0 saturated heterocycles. The van der Waals surface area contributed by atoms with Crippen molar-refractivity contribution in [3.8, 4) is 5.75 Å². The summed E-state index contributed by atoms with van der Waals surface area (Å²) in [5, 5.41) is 17.7. The van der Waals surface area contributed by atoms with Crippen LogP contribution in [-0.4, -0.2) is 22.0 Å². The zero-order chi connectivity index (χ0) is 10.9. The highest BCUT2D eigenvalue weighted by Gasteiger charge is 2.18. The van der Waals surface area contributed by atoms with Crippen LogP contribution in [-0.2, 0) is 4.79 Å². The van der Waals surface area contributed by atoms with Crippen LogP contribution in [0.2, 0.25) is 0 Å². The molecular weight excluding hydrogens is 252 g/mol. The number of rotatable bonds is 2. The highest BCUT2D eigenvalue weighted by Crippen LogP contribution is 2.27. The van der Waals surface area contributed by atoms with E-state index in [1.807, 2.05) is 0 Å². The zero-order valence-electron chi connectivity index (χ0n) is 7.24. The van der Waals surface area contributed by atoms with Gasteiger partial charge in [0.25, 0.3) is 5.78 Å². The first-order chi connectivity index (χ1) is 6.43. The van der Waals surface area contributed by atoms with Crippen molar-refractivity contribution in [1.29, 1.82) is 0 Å². The Morgan fingerprint density at radius 1 is 1.36 bits per heavy atom. The van der Waals surface area contributed by atoms with Crippen molar-refractivity contribution in [3.05, 3.63) is 27.7 Å². The third kappa shape index (κ3) is 1.93. The molecule has 1 aromatic rings. The van der Waals surface area contributed by atoms with Crippen LogP contribution in [0.25, 0.3) is 0 Å². The number of aromatic hydroxyl groups is 1. The first-order valence-electron chi connectivity index (χ1n) is 3.70. The normalized spacial score (nSPS) is 9.86. The summed E-state index contributed by atoms with van der Waals surface area (Å²) in [6.45, 7) is 1.56. The number of phenolic OH excluding ortho intramolecular Hbond substituents is 1. The maximum atomic E-state index is 11.1. The topological polar surface area (TPSA) is 74.6 Å². The molecule has 5 heteroatoms. The average Bonchev–Trinajstić information content (AvgIpc) is 2.10. The SMILES string of the molecule is Cc1cc(O)c(Br)cc1C(=O)C(=O)O. The number of ketones is 1. The van der Waals surface area contributed by atoms with Gasteiger partial charge >= 0.3 is 5.97 Å². The Balaban J connectivity index is 3.29. The van der Waals surface area contributed by atoms with Gasteiger partial charge in [-0.1, -0.05) is 0 Å². The summed E-state index contributed by atoms with van der Waals surface area (Å²) in [5.41, 5.74) is 0.500. The van der Waals surface area contributed by atoms with Crippen LogP contribution >= 0.6 is 15.9 Å². The molecular formula is C9H7BrO4. The Morgan fingerprint density at radius 2 is 1.93 bits per heavy atom. The number of carbonyl (C=O) groups excluding carboxylic acids is 1. The third-order valence-corrected chi connectivity index (χ3v) is 2.37. The molecule has 4 nitrogen and oxygen atoms in total. The van der Waals surface area contributed by atoms with Gasteiger partial charge in [0.05, 0.1) is 4.47 Å². The van der Waals surface area contributed by atoms with E-state index in [4.69, 9.17) is 5.11 Å². The molecule has 0 heterocycles. The van der Waals surface area contributed by atoms with Gasteiger partial charge in [0.1, 0.15) is 5.75 Å². The second kappa shape index (κ2) is 3.79. The smallest absolute Gasteiger partial charge is 0.377 e. The summed E-state index contributed by atoms with van der Waals surface area (Å²) in [6, 6.07) is 2.63. The van der Waals surface area contributed by atoms with Gasteiger partial charge in [-0.3, -0.25) is 4.79 Å². The number of hydrogen-bond acceptors (Lipinski definition) is 3. The molecule has 0 aliphatic carbocycles. The molecule has 0 aliphatic heterocycles. The number of aryl methyl sites for hydroxylation is 1. The highest BCUT2D eigenvalue weighted by molar-refractivity contribution is 9.10. The quantitative estimate of drug-likeness (QED) is 0.626. The largest absolute Gasteiger partial charge is 0.507 e. The van der Waals surface area contributed by atoms with Crippen molar-refractivity contribution in [1.82, 2.24) is 0 Å². The lowest BCUT2D eigenvalue weighted by atomic mass is 10.0. The van der Waals surface area contributed by atoms with Crippen LogP contribution in [0.5, 0.6) is 5.75 Å². The second-order valence-electron chi connectivity index (χ2n) is 2.75. The van der Waals surface area contributed by atoms with E-state index in [1.165, 1.54) is 12.1 Å². The minimum absolute atomic E-state index is 0.0237. The van der Waals surface area contributed by atoms with Gasteiger partial charge < -0.3 is 10.2 Å². The lowest BCUT2D eigenvalue weighted by Crippen LogP contribution is -2.14. The minimum atomic E-state index is -1.51. The summed E-state index contributed by atoms with van der Waals surface area (Å²) in [7, 11) is 0. The fourth-order valence-electron chi connectivity index (χ4n) is 1.03. The third-order valence-electron chi connectivity index (χ3n) is 1.73. The van der Waals surface area contributed by atoms with E-state index in [1.54, 1.807) is 6.92 Å². The van der Waals surface area contributed by atoms with E-state index < -0.39 is 11.8 Å². The molecule has 14 heavy (non-hydrogen) atoms. The van der Waals surface area contributed by atoms with Gasteiger partial charge in [-0.05, 0) is 40.5 Å². The molecule has 2 N–H and O–H groups in total. The van der Waals surface area contributed by atoms with Crippen molar-refractivity contribution in [2.24, 2.45) is 0 Å². The predicted octanol–water partition coefficient (Wildman–Crippen LogP) is 1.73. The molecule has 1 rings (SSSR count). The van der Waals surface area contributed by atoms with Crippen molar-refractivity contribution in [3.63, 3.8) is 0 Å². The molecule has 0 spiro atoms. The monoisotopic (exact) mass is 258 g/mol. The van der Waals surface area contributed by atoms with Crippen molar-refractivity contribution in [2.75, 3.05) is 0 Å². The molecule has 0 aliphatic rings. The maximum absolute atomic E-state index is 11.1. The minimum Gasteiger partial charge on any atom is -0.507 e. The highest BCUT2D eigenvalue weighted by atomic mass is 79.9. The summed E-state index contributed by atoms with van der Waals surface area (Å²) >= 11 is 3.00. The van der Waals surface area contributed by atoms with Crippen LogP contribution in [0.4, 0.5) is 0 Å². The molecule has 0 amide bonds. The molecule has 0 radical (unpaired) electrons. The Kier molecular flexibility index (Phi) is 2.90. The van der Waals surface area contributed by atoms with E-state index in [-0.39, 0.29) is 11.3 Å². The number of Topliss-reactive ketones (excluding diaryl/α,β-unsaturated/α-hetero) is 1. The van der Waals surface area contributed by atoms with Crippen molar-refractivity contribution >= 4 is 27.7 Å². The Bertz CT molecular complexity index is 412. The summed E-state index contributed by atoms with van der Waals surface area (Å²) in [4.78, 5) is 21.5. The number of carboxylic acids is 1. The molecule has 74 valence electrons. The predicted molar refractivity (Wildman–Crippen MR) is 52.5 cm³/mol. The lowest BCUT2D eigenvalue weighted by molar-refractivity contribution is -0.131. The molecule has 0 fully saturated rings. The average molecular weight is 259 g/mol. The van der Waals surface area contributed by atoms with Gasteiger partial charge in [0.15, 0.2) is 0 Å². The van der Waals surface area contributed by atoms with Crippen molar-refractivity contribution < 1.29 is 19.8 Å². The molecule has 0 bridgehead atoms. The Hall–Kier alpha value is -1.36. The summed E-state index contributed by atoms with van der Waals surface area (Å²) in [6.07, 6.45) is 0. The van der Waals surface area contributed by atoms with Crippen LogP contribution in [0, 0.1) is 6.92 Å². The fourth-order valence-corrected chi connectivity index (χ4v) is 1.37. The second-order valence-corrected chi connectivity index (χ2v) is 3.61. The molecule has 1 aromatic carbocycles. The standard InChI is InChI=1S/C9H7BrO4/c1-4-2-7(11)6(10)3-5(4)8(12)9(13)14/h2-3,11H,1H3,(H,13,14). The Morgan fingerprint density at radius 3 is 2.43 bits per heavy atom. The number of halogens is 1. The van der Waals surface area contributed by atoms with E-state index in [9.17, 15) is 14.7 Å². The van der Waals surface area contributed by atoms with Crippen molar-refractivity contribution in [2.45, 2.75) is 6.92 Å². The summed E-state index contributed by atoms with van der Waals surface area (Å²) < 4.78 is 0.299. The van der Waals surface area contributed by atoms with Crippen LogP contribution in [0.15, 0.2) is 16.6 Å². The molecule has 0 unspecified atom stereocenters. The Labute approximate surface area is 88.3 Å². The molecule has 0 aromatic heterocycles. The maximum Gasteiger partial charge on any atom is 0.377 e. The fraction of sp³-hybridized carbons (Fsp3) is 0.111. The van der Waals surface area contributed by atoms with Gasteiger partial charge in [-0.15, -0.1) is 0 Å². The van der Waals surface area contributed by atoms with Gasteiger partial charge in [-0.25, -0.2) is 4.79 Å². The molecule has 0 atom stereocenters. The van der Waals surface area contributed by atoms with Crippen LogP contribution in [0.1, 0.15) is 15.9 Å². The summed E-state index contributed by atoms with van der Waals surface area (Å²) in [5.74, 6) is -2.52. The number of aliphatic carboxylic acids is 1. The lowest BCUT2D eigenvalue weighted by Gasteiger charge is -2.04. The number of carbonyl (C=O) groups is 2. The van der Waals surface area contributed by atoms with Gasteiger partial charge in [0, 0.05) is 5.56 Å². The number of phenols is 1. The van der Waals surface area contributed by atoms with E-state index in [0.717, 1.165) is 0 Å². The molecule has 0 saturated carbocycles. The van der Waals surface area contributed by atoms with E-state index in [0.29, 0.717) is 10.0 Å².